The first-order valence-corrected chi connectivity index (χ1v) is 9.04. The molecule has 0 radical (unpaired) electrons. The van der Waals surface area contributed by atoms with E-state index < -0.39 is 0 Å². The molecule has 2 aromatic rings. The van der Waals surface area contributed by atoms with Gasteiger partial charge in [0.15, 0.2) is 0 Å². The summed E-state index contributed by atoms with van der Waals surface area (Å²) in [6, 6.07) is 7.94. The Morgan fingerprint density at radius 2 is 1.64 bits per heavy atom. The largest absolute Gasteiger partial charge is 0.147 e. The first-order valence-electron chi connectivity index (χ1n) is 8.23. The molecule has 0 aliphatic rings. The van der Waals surface area contributed by atoms with Gasteiger partial charge in [0.1, 0.15) is 10.0 Å². The molecule has 2 nitrogen and oxygen atoms in total. The van der Waals surface area contributed by atoms with Gasteiger partial charge in [0.05, 0.1) is 0 Å². The van der Waals surface area contributed by atoms with E-state index in [4.69, 9.17) is 6.42 Å². The summed E-state index contributed by atoms with van der Waals surface area (Å²) in [5.41, 5.74) is 2.00. The van der Waals surface area contributed by atoms with Crippen molar-refractivity contribution in [2.75, 3.05) is 0 Å². The van der Waals surface area contributed by atoms with Crippen molar-refractivity contribution in [2.45, 2.75) is 58.3 Å². The van der Waals surface area contributed by atoms with Crippen molar-refractivity contribution in [3.8, 4) is 22.9 Å². The van der Waals surface area contributed by atoms with Gasteiger partial charge in [-0.05, 0) is 18.6 Å². The molecule has 0 atom stereocenters. The second kappa shape index (κ2) is 9.38. The Kier molecular flexibility index (Phi) is 7.12. The molecule has 1 aromatic heterocycles. The molecule has 0 saturated heterocycles. The third-order valence-electron chi connectivity index (χ3n) is 3.76. The number of aromatic nitrogens is 2. The molecule has 0 fully saturated rings. The van der Waals surface area contributed by atoms with E-state index in [2.05, 4.69) is 23.0 Å². The van der Waals surface area contributed by atoms with E-state index >= 15 is 0 Å². The van der Waals surface area contributed by atoms with E-state index in [0.29, 0.717) is 0 Å². The van der Waals surface area contributed by atoms with E-state index in [1.165, 1.54) is 44.9 Å². The monoisotopic (exact) mass is 312 g/mol. The molecule has 0 aliphatic heterocycles. The van der Waals surface area contributed by atoms with Gasteiger partial charge < -0.3 is 0 Å². The van der Waals surface area contributed by atoms with E-state index in [-0.39, 0.29) is 0 Å². The molecular weight excluding hydrogens is 288 g/mol. The zero-order valence-corrected chi connectivity index (χ0v) is 14.2. The average molecular weight is 312 g/mol. The number of hydrogen-bond acceptors (Lipinski definition) is 3. The summed E-state index contributed by atoms with van der Waals surface area (Å²) < 4.78 is 0. The summed E-state index contributed by atoms with van der Waals surface area (Å²) in [6.45, 7) is 2.26. The maximum absolute atomic E-state index is 5.37. The van der Waals surface area contributed by atoms with Crippen molar-refractivity contribution >= 4 is 11.3 Å². The third kappa shape index (κ3) is 5.27. The number of hydrogen-bond donors (Lipinski definition) is 0. The van der Waals surface area contributed by atoms with Crippen LogP contribution in [0.25, 0.3) is 10.6 Å². The summed E-state index contributed by atoms with van der Waals surface area (Å²) in [5, 5.41) is 10.7. The number of nitrogens with zero attached hydrogens (tertiary/aromatic N) is 2. The topological polar surface area (TPSA) is 25.8 Å². The quantitative estimate of drug-likeness (QED) is 0.452. The lowest BCUT2D eigenvalue weighted by Gasteiger charge is -1.99. The molecule has 116 valence electrons. The molecule has 0 saturated carbocycles. The van der Waals surface area contributed by atoms with Crippen molar-refractivity contribution < 1.29 is 0 Å². The minimum absolute atomic E-state index is 0.900. The normalized spacial score (nSPS) is 10.5. The lowest BCUT2D eigenvalue weighted by molar-refractivity contribution is 0.588. The lowest BCUT2D eigenvalue weighted by Crippen LogP contribution is -1.85. The number of benzene rings is 1. The van der Waals surface area contributed by atoms with Crippen LogP contribution in [0.5, 0.6) is 0 Å². The summed E-state index contributed by atoms with van der Waals surface area (Å²) in [6.07, 6.45) is 15.7. The Balaban J connectivity index is 1.75. The highest BCUT2D eigenvalue weighted by Crippen LogP contribution is 2.24. The summed E-state index contributed by atoms with van der Waals surface area (Å²) in [5.74, 6) is 2.63. The van der Waals surface area contributed by atoms with Gasteiger partial charge in [0.25, 0.3) is 0 Å². The van der Waals surface area contributed by atoms with Crippen LogP contribution in [0.15, 0.2) is 24.3 Å². The minimum atomic E-state index is 0.900. The van der Waals surface area contributed by atoms with Gasteiger partial charge in [-0.2, -0.15) is 0 Å². The van der Waals surface area contributed by atoms with E-state index in [0.717, 1.165) is 27.6 Å². The summed E-state index contributed by atoms with van der Waals surface area (Å²) in [4.78, 5) is 0. The molecule has 2 rings (SSSR count). The van der Waals surface area contributed by atoms with Gasteiger partial charge in [-0.3, -0.25) is 0 Å². The highest BCUT2D eigenvalue weighted by atomic mass is 32.1. The minimum Gasteiger partial charge on any atom is -0.143 e. The Bertz CT molecular complexity index is 593. The standard InChI is InChI=1S/C19H24N2S/c1-3-5-6-7-8-9-10-11-18-20-21-19(22-18)17-14-12-16(4-2)13-15-17/h2,12-15H,3,5-11H2,1H3. The molecule has 1 heterocycles. The molecule has 0 N–H and O–H groups in total. The van der Waals surface area contributed by atoms with E-state index in [9.17, 15) is 0 Å². The fourth-order valence-electron chi connectivity index (χ4n) is 2.41. The zero-order valence-electron chi connectivity index (χ0n) is 13.3. The zero-order chi connectivity index (χ0) is 15.6. The number of terminal acetylenes is 1. The molecule has 22 heavy (non-hydrogen) atoms. The highest BCUT2D eigenvalue weighted by Gasteiger charge is 2.06. The highest BCUT2D eigenvalue weighted by molar-refractivity contribution is 7.14. The van der Waals surface area contributed by atoms with Gasteiger partial charge >= 0.3 is 0 Å². The lowest BCUT2D eigenvalue weighted by atomic mass is 10.1. The van der Waals surface area contributed by atoms with Crippen LogP contribution in [0.4, 0.5) is 0 Å². The maximum Gasteiger partial charge on any atom is 0.147 e. The summed E-state index contributed by atoms with van der Waals surface area (Å²) in [7, 11) is 0. The second-order valence-electron chi connectivity index (χ2n) is 5.59. The predicted molar refractivity (Wildman–Crippen MR) is 95.0 cm³/mol. The van der Waals surface area contributed by atoms with Crippen LogP contribution < -0.4 is 0 Å². The number of unbranched alkanes of at least 4 members (excludes halogenated alkanes) is 6. The van der Waals surface area contributed by atoms with Gasteiger partial charge in [-0.1, -0.05) is 74.8 Å². The van der Waals surface area contributed by atoms with Crippen molar-refractivity contribution in [3.05, 3.63) is 34.8 Å². The van der Waals surface area contributed by atoms with Crippen molar-refractivity contribution in [1.82, 2.24) is 10.2 Å². The maximum atomic E-state index is 5.37. The van der Waals surface area contributed by atoms with Crippen LogP contribution in [0, 0.1) is 12.3 Å². The Morgan fingerprint density at radius 1 is 0.955 bits per heavy atom. The first kappa shape index (κ1) is 16.7. The Morgan fingerprint density at radius 3 is 2.32 bits per heavy atom. The SMILES string of the molecule is C#Cc1ccc(-c2nnc(CCCCCCCCC)s2)cc1. The van der Waals surface area contributed by atoms with Gasteiger partial charge in [0, 0.05) is 17.5 Å². The Hall–Kier alpha value is -1.66. The van der Waals surface area contributed by atoms with Crippen LogP contribution >= 0.6 is 11.3 Å². The molecule has 3 heteroatoms. The molecule has 0 unspecified atom stereocenters. The molecule has 0 amide bonds. The number of rotatable bonds is 9. The van der Waals surface area contributed by atoms with Gasteiger partial charge in [0.2, 0.25) is 0 Å². The second-order valence-corrected chi connectivity index (χ2v) is 6.66. The van der Waals surface area contributed by atoms with E-state index in [1.807, 2.05) is 24.3 Å². The van der Waals surface area contributed by atoms with Crippen molar-refractivity contribution in [1.29, 1.82) is 0 Å². The van der Waals surface area contributed by atoms with Crippen molar-refractivity contribution in [3.63, 3.8) is 0 Å². The van der Waals surface area contributed by atoms with E-state index in [1.54, 1.807) is 11.3 Å². The average Bonchev–Trinajstić information content (AvgIpc) is 3.03. The van der Waals surface area contributed by atoms with Crippen LogP contribution in [0.1, 0.15) is 62.4 Å². The Labute approximate surface area is 138 Å². The fourth-order valence-corrected chi connectivity index (χ4v) is 3.30. The van der Waals surface area contributed by atoms with Crippen LogP contribution in [0.2, 0.25) is 0 Å². The van der Waals surface area contributed by atoms with Crippen molar-refractivity contribution in [2.24, 2.45) is 0 Å². The first-order chi connectivity index (χ1) is 10.8. The predicted octanol–water partition coefficient (Wildman–Crippen LogP) is 5.48. The molecule has 0 bridgehead atoms. The van der Waals surface area contributed by atoms with Gasteiger partial charge in [-0.25, -0.2) is 0 Å². The molecular formula is C19H24N2S. The van der Waals surface area contributed by atoms with Crippen LogP contribution in [-0.2, 0) is 6.42 Å². The number of aryl methyl sites for hydroxylation is 1. The third-order valence-corrected chi connectivity index (χ3v) is 4.79. The van der Waals surface area contributed by atoms with Crippen LogP contribution in [0.3, 0.4) is 0 Å². The fraction of sp³-hybridized carbons (Fsp3) is 0.474. The smallest absolute Gasteiger partial charge is 0.143 e. The summed E-state index contributed by atoms with van der Waals surface area (Å²) >= 11 is 1.70. The van der Waals surface area contributed by atoms with Crippen LogP contribution in [-0.4, -0.2) is 10.2 Å². The molecule has 0 spiro atoms. The molecule has 1 aromatic carbocycles. The van der Waals surface area contributed by atoms with Gasteiger partial charge in [-0.15, -0.1) is 16.6 Å². The molecule has 0 aliphatic carbocycles.